The van der Waals surface area contributed by atoms with Gasteiger partial charge in [-0.05, 0) is 33.3 Å². The van der Waals surface area contributed by atoms with Gasteiger partial charge < -0.3 is 29.6 Å². The lowest BCUT2D eigenvalue weighted by molar-refractivity contribution is 0.0522. The first-order valence-electron chi connectivity index (χ1n) is 8.29. The van der Waals surface area contributed by atoms with Crippen LogP contribution in [-0.2, 0) is 11.3 Å². The molecule has 2 atom stereocenters. The molecule has 1 fully saturated rings. The Morgan fingerprint density at radius 1 is 1.04 bits per heavy atom. The smallest absolute Gasteiger partial charge is 0.407 e. The molecule has 1 aromatic rings. The normalized spacial score (nSPS) is 19.1. The SMILES string of the molecule is COc1cc(OC)c(OC)cc1CNC1CC1NC(=O)OC(C)(C)C. The maximum Gasteiger partial charge on any atom is 0.407 e. The third-order valence-corrected chi connectivity index (χ3v) is 3.83. The molecule has 2 unspecified atom stereocenters. The monoisotopic (exact) mass is 352 g/mol. The highest BCUT2D eigenvalue weighted by atomic mass is 16.6. The van der Waals surface area contributed by atoms with Gasteiger partial charge in [-0.15, -0.1) is 0 Å². The Hall–Kier alpha value is -2.15. The number of benzene rings is 1. The fraction of sp³-hybridized carbons (Fsp3) is 0.611. The third-order valence-electron chi connectivity index (χ3n) is 3.83. The van der Waals surface area contributed by atoms with E-state index in [0.717, 1.165) is 17.7 Å². The molecule has 7 nitrogen and oxygen atoms in total. The Morgan fingerprint density at radius 2 is 1.64 bits per heavy atom. The Labute approximate surface area is 149 Å². The molecule has 25 heavy (non-hydrogen) atoms. The Balaban J connectivity index is 1.89. The van der Waals surface area contributed by atoms with Crippen molar-refractivity contribution in [3.63, 3.8) is 0 Å². The van der Waals surface area contributed by atoms with Crippen molar-refractivity contribution >= 4 is 6.09 Å². The van der Waals surface area contributed by atoms with E-state index in [2.05, 4.69) is 10.6 Å². The Bertz CT molecular complexity index is 612. The van der Waals surface area contributed by atoms with Gasteiger partial charge in [-0.2, -0.15) is 0 Å². The van der Waals surface area contributed by atoms with Crippen LogP contribution < -0.4 is 24.8 Å². The lowest BCUT2D eigenvalue weighted by Gasteiger charge is -2.19. The van der Waals surface area contributed by atoms with E-state index >= 15 is 0 Å². The third kappa shape index (κ3) is 5.42. The number of rotatable bonds is 7. The number of ether oxygens (including phenoxy) is 4. The molecule has 1 aromatic carbocycles. The predicted octanol–water partition coefficient (Wildman–Crippen LogP) is 2.47. The Morgan fingerprint density at radius 3 is 2.20 bits per heavy atom. The van der Waals surface area contributed by atoms with Crippen molar-refractivity contribution < 1.29 is 23.7 Å². The summed E-state index contributed by atoms with van der Waals surface area (Å²) in [6.07, 6.45) is 0.486. The quantitative estimate of drug-likeness (QED) is 0.785. The average molecular weight is 352 g/mol. The van der Waals surface area contributed by atoms with Crippen molar-refractivity contribution in [2.75, 3.05) is 21.3 Å². The van der Waals surface area contributed by atoms with E-state index in [1.165, 1.54) is 0 Å². The number of carbonyl (C=O) groups excluding carboxylic acids is 1. The molecule has 1 amide bonds. The van der Waals surface area contributed by atoms with E-state index in [1.807, 2.05) is 26.8 Å². The van der Waals surface area contributed by atoms with Crippen LogP contribution in [0.1, 0.15) is 32.8 Å². The summed E-state index contributed by atoms with van der Waals surface area (Å²) < 4.78 is 21.3. The summed E-state index contributed by atoms with van der Waals surface area (Å²) in [5.74, 6) is 2.00. The molecule has 0 aromatic heterocycles. The molecule has 2 N–H and O–H groups in total. The van der Waals surface area contributed by atoms with Crippen LogP contribution in [0.3, 0.4) is 0 Å². The molecule has 1 saturated carbocycles. The zero-order chi connectivity index (χ0) is 18.6. The molecule has 1 aliphatic rings. The van der Waals surface area contributed by atoms with Crippen molar-refractivity contribution in [3.05, 3.63) is 17.7 Å². The summed E-state index contributed by atoms with van der Waals surface area (Å²) in [5, 5.41) is 6.27. The lowest BCUT2D eigenvalue weighted by atomic mass is 10.1. The molecule has 2 rings (SSSR count). The summed E-state index contributed by atoms with van der Waals surface area (Å²) >= 11 is 0. The number of alkyl carbamates (subject to hydrolysis) is 1. The number of hydrogen-bond acceptors (Lipinski definition) is 6. The largest absolute Gasteiger partial charge is 0.496 e. The first-order chi connectivity index (χ1) is 11.8. The zero-order valence-corrected chi connectivity index (χ0v) is 15.8. The van der Waals surface area contributed by atoms with Gasteiger partial charge in [0.05, 0.1) is 21.3 Å². The summed E-state index contributed by atoms with van der Waals surface area (Å²) in [7, 11) is 4.81. The number of hydrogen-bond donors (Lipinski definition) is 2. The highest BCUT2D eigenvalue weighted by Gasteiger charge is 2.39. The molecule has 0 bridgehead atoms. The minimum Gasteiger partial charge on any atom is -0.496 e. The molecule has 0 aliphatic heterocycles. The standard InChI is InChI=1S/C18H28N2O5/c1-18(2,3)25-17(21)20-13-8-12(13)19-10-11-7-15(23-5)16(24-6)9-14(11)22-4/h7,9,12-13,19H,8,10H2,1-6H3,(H,20,21). The van der Waals surface area contributed by atoms with Crippen LogP contribution in [-0.4, -0.2) is 45.1 Å². The van der Waals surface area contributed by atoms with Crippen LogP contribution in [0.4, 0.5) is 4.79 Å². The predicted molar refractivity (Wildman–Crippen MR) is 94.5 cm³/mol. The second kappa shape index (κ2) is 7.82. The summed E-state index contributed by atoms with van der Waals surface area (Å²) in [6.45, 7) is 6.14. The van der Waals surface area contributed by atoms with Crippen molar-refractivity contribution in [1.29, 1.82) is 0 Å². The van der Waals surface area contributed by atoms with Crippen molar-refractivity contribution in [2.45, 2.75) is 51.4 Å². The molecule has 140 valence electrons. The van der Waals surface area contributed by atoms with Crippen LogP contribution in [0, 0.1) is 0 Å². The number of carbonyl (C=O) groups is 1. The van der Waals surface area contributed by atoms with Gasteiger partial charge in [-0.1, -0.05) is 0 Å². The van der Waals surface area contributed by atoms with Crippen molar-refractivity contribution in [1.82, 2.24) is 10.6 Å². The minimum atomic E-state index is -0.491. The van der Waals surface area contributed by atoms with Gasteiger partial charge in [-0.3, -0.25) is 0 Å². The van der Waals surface area contributed by atoms with Gasteiger partial charge in [-0.25, -0.2) is 4.79 Å². The zero-order valence-electron chi connectivity index (χ0n) is 15.8. The van der Waals surface area contributed by atoms with Crippen molar-refractivity contribution in [2.24, 2.45) is 0 Å². The summed E-state index contributed by atoms with van der Waals surface area (Å²) in [6, 6.07) is 3.99. The molecule has 7 heteroatoms. The molecule has 0 spiro atoms. The first kappa shape index (κ1) is 19.2. The fourth-order valence-electron chi connectivity index (χ4n) is 2.51. The van der Waals surface area contributed by atoms with E-state index in [0.29, 0.717) is 18.0 Å². The van der Waals surface area contributed by atoms with Gasteiger partial charge in [0.2, 0.25) is 0 Å². The van der Waals surface area contributed by atoms with Crippen LogP contribution >= 0.6 is 0 Å². The van der Waals surface area contributed by atoms with Crippen LogP contribution in [0.25, 0.3) is 0 Å². The molecular weight excluding hydrogens is 324 g/mol. The molecule has 0 radical (unpaired) electrons. The lowest BCUT2D eigenvalue weighted by Crippen LogP contribution is -2.36. The molecule has 0 saturated heterocycles. The molecule has 1 aliphatic carbocycles. The molecular formula is C18H28N2O5. The van der Waals surface area contributed by atoms with Gasteiger partial charge in [0, 0.05) is 30.3 Å². The second-order valence-electron chi connectivity index (χ2n) is 6.99. The fourth-order valence-corrected chi connectivity index (χ4v) is 2.51. The van der Waals surface area contributed by atoms with Gasteiger partial charge >= 0.3 is 6.09 Å². The number of amides is 1. The first-order valence-corrected chi connectivity index (χ1v) is 8.29. The van der Waals surface area contributed by atoms with E-state index in [-0.39, 0.29) is 18.2 Å². The maximum atomic E-state index is 11.8. The highest BCUT2D eigenvalue weighted by Crippen LogP contribution is 2.35. The summed E-state index contributed by atoms with van der Waals surface area (Å²) in [4.78, 5) is 11.8. The van der Waals surface area contributed by atoms with Gasteiger partial charge in [0.15, 0.2) is 11.5 Å². The van der Waals surface area contributed by atoms with Crippen LogP contribution in [0.5, 0.6) is 17.2 Å². The minimum absolute atomic E-state index is 0.0842. The van der Waals surface area contributed by atoms with E-state index in [9.17, 15) is 4.79 Å². The van der Waals surface area contributed by atoms with Gasteiger partial charge in [0.25, 0.3) is 0 Å². The van der Waals surface area contributed by atoms with Crippen LogP contribution in [0.15, 0.2) is 12.1 Å². The van der Waals surface area contributed by atoms with E-state index in [1.54, 1.807) is 27.4 Å². The van der Waals surface area contributed by atoms with E-state index in [4.69, 9.17) is 18.9 Å². The van der Waals surface area contributed by atoms with Gasteiger partial charge in [0.1, 0.15) is 11.4 Å². The number of nitrogens with one attached hydrogen (secondary N) is 2. The number of methoxy groups -OCH3 is 3. The van der Waals surface area contributed by atoms with E-state index < -0.39 is 5.60 Å². The second-order valence-corrected chi connectivity index (χ2v) is 6.99. The Kier molecular flexibility index (Phi) is 6.00. The highest BCUT2D eigenvalue weighted by molar-refractivity contribution is 5.68. The average Bonchev–Trinajstić information content (AvgIpc) is 3.27. The van der Waals surface area contributed by atoms with Crippen LogP contribution in [0.2, 0.25) is 0 Å². The van der Waals surface area contributed by atoms with Crippen molar-refractivity contribution in [3.8, 4) is 17.2 Å². The summed E-state index contributed by atoms with van der Waals surface area (Å²) in [5.41, 5.74) is 0.470. The molecule has 0 heterocycles. The maximum absolute atomic E-state index is 11.8. The topological polar surface area (TPSA) is 78.0 Å².